The third kappa shape index (κ3) is 4.53. The molecule has 2 N–H and O–H groups in total. The van der Waals surface area contributed by atoms with Gasteiger partial charge in [0.15, 0.2) is 0 Å². The van der Waals surface area contributed by atoms with Crippen molar-refractivity contribution in [2.75, 3.05) is 6.26 Å². The van der Waals surface area contributed by atoms with Crippen LogP contribution >= 0.6 is 27.5 Å². The summed E-state index contributed by atoms with van der Waals surface area (Å²) in [6, 6.07) is 2.88. The van der Waals surface area contributed by atoms with Gasteiger partial charge in [0.05, 0.1) is 18.0 Å². The van der Waals surface area contributed by atoms with E-state index < -0.39 is 32.8 Å². The first-order chi connectivity index (χ1) is 11.1. The molecule has 0 spiro atoms. The number of aliphatic imine (C=N–C) groups is 1. The van der Waals surface area contributed by atoms with Gasteiger partial charge in [-0.25, -0.2) is 9.18 Å². The fourth-order valence-corrected chi connectivity index (χ4v) is 2.89. The summed E-state index contributed by atoms with van der Waals surface area (Å²) in [6.45, 7) is 0. The van der Waals surface area contributed by atoms with Gasteiger partial charge in [0.2, 0.25) is 0 Å². The second kappa shape index (κ2) is 7.18. The number of hydrogen-bond donors (Lipinski definition) is 2. The number of allylic oxidation sites excluding steroid dienone is 1. The fraction of sp³-hybridized carbons (Fsp3) is 0.231. The Labute approximate surface area is 150 Å². The number of carbonyl (C=O) groups is 1. The van der Waals surface area contributed by atoms with Crippen LogP contribution in [0.2, 0.25) is 5.02 Å². The van der Waals surface area contributed by atoms with Crippen LogP contribution in [0.25, 0.3) is 0 Å². The summed E-state index contributed by atoms with van der Waals surface area (Å²) in [7, 11) is -3.83. The van der Waals surface area contributed by atoms with E-state index in [1.54, 1.807) is 0 Å². The third-order valence-electron chi connectivity index (χ3n) is 2.94. The highest BCUT2D eigenvalue weighted by Gasteiger charge is 2.31. The molecule has 1 aromatic rings. The summed E-state index contributed by atoms with van der Waals surface area (Å²) >= 11 is 8.78. The Morgan fingerprint density at radius 1 is 1.50 bits per heavy atom. The first-order valence-electron chi connectivity index (χ1n) is 6.34. The summed E-state index contributed by atoms with van der Waals surface area (Å²) in [5.74, 6) is -2.02. The zero-order chi connectivity index (χ0) is 18.1. The van der Waals surface area contributed by atoms with Crippen LogP contribution in [0.15, 0.2) is 35.0 Å². The molecule has 0 saturated carbocycles. The van der Waals surface area contributed by atoms with Crippen molar-refractivity contribution >= 4 is 49.3 Å². The topological polar surface area (TPSA) is 105 Å². The Balaban J connectivity index is 2.43. The molecule has 0 amide bonds. The predicted octanol–water partition coefficient (Wildman–Crippen LogP) is 2.19. The number of carboxylic acids is 1. The second-order valence-electron chi connectivity index (χ2n) is 4.80. The lowest BCUT2D eigenvalue weighted by molar-refractivity contribution is -0.129. The molecular formula is C13H11BrClFN2O5S. The summed E-state index contributed by atoms with van der Waals surface area (Å²) < 4.78 is 40.7. The van der Waals surface area contributed by atoms with Crippen molar-refractivity contribution in [3.05, 3.63) is 46.4 Å². The van der Waals surface area contributed by atoms with Gasteiger partial charge in [-0.05, 0) is 18.2 Å². The molecule has 0 fully saturated rings. The van der Waals surface area contributed by atoms with E-state index in [-0.39, 0.29) is 22.0 Å². The normalized spacial score (nSPS) is 21.0. The van der Waals surface area contributed by atoms with E-state index in [1.807, 2.05) is 0 Å². The van der Waals surface area contributed by atoms with E-state index in [9.17, 15) is 22.7 Å². The number of rotatable bonds is 5. The van der Waals surface area contributed by atoms with Gasteiger partial charge in [-0.15, -0.1) is 0 Å². The Morgan fingerprint density at radius 3 is 2.71 bits per heavy atom. The van der Waals surface area contributed by atoms with Crippen LogP contribution in [0, 0.1) is 5.82 Å². The molecule has 2 atom stereocenters. The number of nitrogens with zero attached hydrogens (tertiary/aromatic N) is 1. The highest BCUT2D eigenvalue weighted by atomic mass is 79.9. The SMILES string of the molecule is CS(=O)(=O)ONC1=CC(c2ccc(Cl)cc2F)N=C(C(=O)O)C1Br. The largest absolute Gasteiger partial charge is 0.477 e. The highest BCUT2D eigenvalue weighted by Crippen LogP contribution is 2.31. The number of aliphatic carboxylic acids is 1. The molecule has 0 radical (unpaired) electrons. The van der Waals surface area contributed by atoms with E-state index in [4.69, 9.17) is 11.6 Å². The number of benzene rings is 1. The molecule has 1 aliphatic rings. The number of dihydropyridines is 1. The minimum atomic E-state index is -3.83. The molecule has 7 nitrogen and oxygen atoms in total. The van der Waals surface area contributed by atoms with Crippen LogP contribution in [0.4, 0.5) is 4.39 Å². The molecule has 0 bridgehead atoms. The minimum absolute atomic E-state index is 0.0622. The van der Waals surface area contributed by atoms with Crippen LogP contribution in [0.3, 0.4) is 0 Å². The molecule has 2 unspecified atom stereocenters. The molecule has 1 heterocycles. The Morgan fingerprint density at radius 2 is 2.17 bits per heavy atom. The van der Waals surface area contributed by atoms with Crippen molar-refractivity contribution in [1.29, 1.82) is 0 Å². The second-order valence-corrected chi connectivity index (χ2v) is 7.73. The number of carboxylic acid groups (broad SMARTS) is 1. The third-order valence-corrected chi connectivity index (χ3v) is 4.49. The first-order valence-corrected chi connectivity index (χ1v) is 9.45. The van der Waals surface area contributed by atoms with Crippen molar-refractivity contribution in [2.24, 2.45) is 4.99 Å². The number of hydroxylamine groups is 1. The lowest BCUT2D eigenvalue weighted by atomic mass is 10.0. The van der Waals surface area contributed by atoms with Gasteiger partial charge in [0.25, 0.3) is 10.1 Å². The molecule has 0 aromatic heterocycles. The maximum absolute atomic E-state index is 14.1. The average molecular weight is 442 g/mol. The maximum atomic E-state index is 14.1. The van der Waals surface area contributed by atoms with Crippen molar-refractivity contribution in [3.63, 3.8) is 0 Å². The van der Waals surface area contributed by atoms with Gasteiger partial charge in [-0.2, -0.15) is 12.7 Å². The van der Waals surface area contributed by atoms with Crippen LogP contribution in [0.1, 0.15) is 11.6 Å². The van der Waals surface area contributed by atoms with Gasteiger partial charge in [0.1, 0.15) is 16.4 Å². The molecule has 24 heavy (non-hydrogen) atoms. The van der Waals surface area contributed by atoms with E-state index >= 15 is 0 Å². The number of halogens is 3. The van der Waals surface area contributed by atoms with Crippen molar-refractivity contribution < 1.29 is 27.0 Å². The van der Waals surface area contributed by atoms with Crippen LogP contribution in [0.5, 0.6) is 0 Å². The Kier molecular flexibility index (Phi) is 5.63. The van der Waals surface area contributed by atoms with E-state index in [2.05, 4.69) is 30.7 Å². The van der Waals surface area contributed by atoms with Gasteiger partial charge >= 0.3 is 5.97 Å². The lowest BCUT2D eigenvalue weighted by Crippen LogP contribution is -2.35. The van der Waals surface area contributed by atoms with Crippen LogP contribution < -0.4 is 5.48 Å². The summed E-state index contributed by atoms with van der Waals surface area (Å²) in [4.78, 5) is 14.4. The smallest absolute Gasteiger partial charge is 0.351 e. The molecule has 2 rings (SSSR count). The molecular weight excluding hydrogens is 431 g/mol. The van der Waals surface area contributed by atoms with Gasteiger partial charge < -0.3 is 5.11 Å². The zero-order valence-electron chi connectivity index (χ0n) is 12.0. The zero-order valence-corrected chi connectivity index (χ0v) is 15.2. The first kappa shape index (κ1) is 18.8. The molecule has 130 valence electrons. The summed E-state index contributed by atoms with van der Waals surface area (Å²) in [5.41, 5.74) is 1.97. The Bertz CT molecular complexity index is 843. The van der Waals surface area contributed by atoms with Gasteiger partial charge in [-0.3, -0.25) is 10.5 Å². The van der Waals surface area contributed by atoms with E-state index in [0.29, 0.717) is 0 Å². The van der Waals surface area contributed by atoms with E-state index in [0.717, 1.165) is 12.3 Å². The quantitative estimate of drug-likeness (QED) is 0.536. The molecule has 0 aliphatic carbocycles. The summed E-state index contributed by atoms with van der Waals surface area (Å²) in [5, 5.41) is 9.42. The van der Waals surface area contributed by atoms with Crippen LogP contribution in [-0.2, 0) is 19.2 Å². The summed E-state index contributed by atoms with van der Waals surface area (Å²) in [6.07, 6.45) is 2.17. The number of hydrogen-bond acceptors (Lipinski definition) is 6. The average Bonchev–Trinajstić information content (AvgIpc) is 2.45. The highest BCUT2D eigenvalue weighted by molar-refractivity contribution is 9.10. The van der Waals surface area contributed by atoms with Gasteiger partial charge in [0, 0.05) is 10.6 Å². The molecule has 11 heteroatoms. The number of alkyl halides is 1. The van der Waals surface area contributed by atoms with Crippen molar-refractivity contribution in [1.82, 2.24) is 5.48 Å². The van der Waals surface area contributed by atoms with E-state index in [1.165, 1.54) is 18.2 Å². The predicted molar refractivity (Wildman–Crippen MR) is 89.1 cm³/mol. The van der Waals surface area contributed by atoms with Crippen molar-refractivity contribution in [2.45, 2.75) is 10.9 Å². The monoisotopic (exact) mass is 440 g/mol. The molecule has 1 aromatic carbocycles. The molecule has 1 aliphatic heterocycles. The minimum Gasteiger partial charge on any atom is -0.477 e. The van der Waals surface area contributed by atoms with Crippen LogP contribution in [-0.4, -0.2) is 36.3 Å². The standard InChI is InChI=1S/C13H11BrClFN2O5S/c1-24(21,22)23-18-10-5-9(17-12(11(10)14)13(19)20)7-3-2-6(15)4-8(7)16/h2-5,9,11,18H,1H3,(H,19,20). The van der Waals surface area contributed by atoms with Gasteiger partial charge in [-0.1, -0.05) is 33.6 Å². The maximum Gasteiger partial charge on any atom is 0.351 e. The van der Waals surface area contributed by atoms with Crippen molar-refractivity contribution in [3.8, 4) is 0 Å². The lowest BCUT2D eigenvalue weighted by Gasteiger charge is -2.23. The fourth-order valence-electron chi connectivity index (χ4n) is 1.93. The Hall–Kier alpha value is -1.49. The molecule has 0 saturated heterocycles. The number of nitrogens with one attached hydrogen (secondary N) is 1.